The van der Waals surface area contributed by atoms with Crippen molar-refractivity contribution in [1.29, 1.82) is 0 Å². The Bertz CT molecular complexity index is 398. The molecule has 1 atom stereocenters. The summed E-state index contributed by atoms with van der Waals surface area (Å²) >= 11 is 0. The number of fused-ring (bicyclic) bond motifs is 1. The van der Waals surface area contributed by atoms with Gasteiger partial charge in [0.15, 0.2) is 0 Å². The molecular formula is C11H17N3O2. The van der Waals surface area contributed by atoms with Gasteiger partial charge in [0.05, 0.1) is 0 Å². The number of aliphatic carboxylic acids is 1. The predicted octanol–water partition coefficient (Wildman–Crippen LogP) is 1.44. The van der Waals surface area contributed by atoms with Crippen molar-refractivity contribution >= 4 is 5.97 Å². The molecule has 0 amide bonds. The van der Waals surface area contributed by atoms with Crippen molar-refractivity contribution in [3.05, 3.63) is 11.6 Å². The molecule has 1 unspecified atom stereocenters. The first-order valence-corrected chi connectivity index (χ1v) is 5.75. The van der Waals surface area contributed by atoms with Gasteiger partial charge in [-0.25, -0.2) is 4.79 Å². The summed E-state index contributed by atoms with van der Waals surface area (Å²) < 4.78 is 1.83. The van der Waals surface area contributed by atoms with Gasteiger partial charge in [0.25, 0.3) is 0 Å². The van der Waals surface area contributed by atoms with Crippen LogP contribution >= 0.6 is 0 Å². The van der Waals surface area contributed by atoms with Crippen LogP contribution in [0.4, 0.5) is 0 Å². The van der Waals surface area contributed by atoms with E-state index in [1.807, 2.05) is 4.57 Å². The van der Waals surface area contributed by atoms with Crippen LogP contribution in [0.3, 0.4) is 0 Å². The Kier molecular flexibility index (Phi) is 2.94. The molecular weight excluding hydrogens is 206 g/mol. The van der Waals surface area contributed by atoms with E-state index < -0.39 is 12.0 Å². The fourth-order valence-electron chi connectivity index (χ4n) is 2.21. The van der Waals surface area contributed by atoms with Gasteiger partial charge >= 0.3 is 5.97 Å². The van der Waals surface area contributed by atoms with Crippen molar-refractivity contribution in [2.75, 3.05) is 0 Å². The van der Waals surface area contributed by atoms with Gasteiger partial charge in [0, 0.05) is 12.8 Å². The highest BCUT2D eigenvalue weighted by atomic mass is 16.4. The molecule has 0 bridgehead atoms. The van der Waals surface area contributed by atoms with Crippen molar-refractivity contribution in [2.45, 2.75) is 45.6 Å². The van der Waals surface area contributed by atoms with E-state index in [0.29, 0.717) is 12.3 Å². The molecule has 0 saturated heterocycles. The molecule has 0 saturated carbocycles. The number of carbonyl (C=O) groups is 1. The van der Waals surface area contributed by atoms with Crippen LogP contribution in [0, 0.1) is 5.92 Å². The smallest absolute Gasteiger partial charge is 0.326 e. The fraction of sp³-hybridized carbons (Fsp3) is 0.727. The number of hydrogen-bond donors (Lipinski definition) is 1. The summed E-state index contributed by atoms with van der Waals surface area (Å²) in [5, 5.41) is 17.4. The maximum Gasteiger partial charge on any atom is 0.326 e. The SMILES string of the molecule is CC(C)Cc1nnc2n1C(C(=O)O)CCC2. The van der Waals surface area contributed by atoms with Crippen LogP contribution in [0.25, 0.3) is 0 Å². The average Bonchev–Trinajstić information content (AvgIpc) is 2.60. The molecule has 0 aliphatic carbocycles. The molecule has 5 nitrogen and oxygen atoms in total. The lowest BCUT2D eigenvalue weighted by Gasteiger charge is -2.22. The number of carboxylic acid groups (broad SMARTS) is 1. The van der Waals surface area contributed by atoms with Crippen molar-refractivity contribution in [2.24, 2.45) is 5.92 Å². The summed E-state index contributed by atoms with van der Waals surface area (Å²) in [6, 6.07) is -0.465. The molecule has 16 heavy (non-hydrogen) atoms. The van der Waals surface area contributed by atoms with Crippen LogP contribution in [0.15, 0.2) is 0 Å². The monoisotopic (exact) mass is 223 g/mol. The van der Waals surface area contributed by atoms with E-state index in [2.05, 4.69) is 24.0 Å². The van der Waals surface area contributed by atoms with Gasteiger partial charge in [-0.1, -0.05) is 13.8 Å². The van der Waals surface area contributed by atoms with Crippen LogP contribution in [-0.4, -0.2) is 25.8 Å². The molecule has 1 aromatic heterocycles. The molecule has 1 aliphatic heterocycles. The zero-order chi connectivity index (χ0) is 11.7. The molecule has 0 fully saturated rings. The fourth-order valence-corrected chi connectivity index (χ4v) is 2.21. The number of carboxylic acids is 1. The van der Waals surface area contributed by atoms with Crippen molar-refractivity contribution in [3.8, 4) is 0 Å². The highest BCUT2D eigenvalue weighted by molar-refractivity contribution is 5.72. The van der Waals surface area contributed by atoms with Gasteiger partial charge in [0.1, 0.15) is 17.7 Å². The summed E-state index contributed by atoms with van der Waals surface area (Å²) in [6.45, 7) is 4.19. The van der Waals surface area contributed by atoms with Gasteiger partial charge in [-0.05, 0) is 18.8 Å². The van der Waals surface area contributed by atoms with Gasteiger partial charge in [-0.2, -0.15) is 0 Å². The molecule has 88 valence electrons. The predicted molar refractivity (Wildman–Crippen MR) is 58.2 cm³/mol. The largest absolute Gasteiger partial charge is 0.480 e. The topological polar surface area (TPSA) is 68.0 Å². The maximum absolute atomic E-state index is 11.2. The number of rotatable bonds is 3. The maximum atomic E-state index is 11.2. The molecule has 0 radical (unpaired) electrons. The Morgan fingerprint density at radius 3 is 2.94 bits per heavy atom. The van der Waals surface area contributed by atoms with E-state index in [0.717, 1.165) is 30.9 Å². The Morgan fingerprint density at radius 1 is 1.56 bits per heavy atom. The summed E-state index contributed by atoms with van der Waals surface area (Å²) in [5.41, 5.74) is 0. The summed E-state index contributed by atoms with van der Waals surface area (Å²) in [5.74, 6) is 1.34. The molecule has 2 heterocycles. The second kappa shape index (κ2) is 4.23. The third-order valence-corrected chi connectivity index (χ3v) is 2.90. The second-order valence-electron chi connectivity index (χ2n) is 4.75. The molecule has 1 aromatic rings. The Hall–Kier alpha value is -1.39. The van der Waals surface area contributed by atoms with E-state index in [9.17, 15) is 9.90 Å². The Balaban J connectivity index is 2.36. The lowest BCUT2D eigenvalue weighted by molar-refractivity contribution is -0.141. The third kappa shape index (κ3) is 1.94. The molecule has 0 spiro atoms. The van der Waals surface area contributed by atoms with Crippen LogP contribution in [0.2, 0.25) is 0 Å². The van der Waals surface area contributed by atoms with Crippen molar-refractivity contribution < 1.29 is 9.90 Å². The van der Waals surface area contributed by atoms with E-state index >= 15 is 0 Å². The molecule has 1 aliphatic rings. The summed E-state index contributed by atoms with van der Waals surface area (Å²) in [7, 11) is 0. The van der Waals surface area contributed by atoms with E-state index in [1.165, 1.54) is 0 Å². The molecule has 2 rings (SSSR count). The Labute approximate surface area is 94.5 Å². The highest BCUT2D eigenvalue weighted by Gasteiger charge is 2.29. The normalized spacial score (nSPS) is 19.8. The second-order valence-corrected chi connectivity index (χ2v) is 4.75. The van der Waals surface area contributed by atoms with E-state index in [1.54, 1.807) is 0 Å². The van der Waals surface area contributed by atoms with Gasteiger partial charge in [0.2, 0.25) is 0 Å². The summed E-state index contributed by atoms with van der Waals surface area (Å²) in [4.78, 5) is 11.2. The first-order chi connectivity index (χ1) is 7.59. The van der Waals surface area contributed by atoms with E-state index in [4.69, 9.17) is 0 Å². The first kappa shape index (κ1) is 11.1. The van der Waals surface area contributed by atoms with Crippen molar-refractivity contribution in [1.82, 2.24) is 14.8 Å². The van der Waals surface area contributed by atoms with E-state index in [-0.39, 0.29) is 0 Å². The zero-order valence-corrected chi connectivity index (χ0v) is 9.68. The lowest BCUT2D eigenvalue weighted by Crippen LogP contribution is -2.27. The number of hydrogen-bond acceptors (Lipinski definition) is 3. The minimum absolute atomic E-state index is 0.463. The van der Waals surface area contributed by atoms with Crippen LogP contribution in [0.1, 0.15) is 44.4 Å². The molecule has 5 heteroatoms. The number of aromatic nitrogens is 3. The minimum Gasteiger partial charge on any atom is -0.480 e. The third-order valence-electron chi connectivity index (χ3n) is 2.90. The first-order valence-electron chi connectivity index (χ1n) is 5.75. The lowest BCUT2D eigenvalue weighted by atomic mass is 10.0. The number of aryl methyl sites for hydroxylation is 1. The van der Waals surface area contributed by atoms with Gasteiger partial charge in [-0.3, -0.25) is 0 Å². The number of nitrogens with zero attached hydrogens (tertiary/aromatic N) is 3. The molecule has 0 aromatic carbocycles. The highest BCUT2D eigenvalue weighted by Crippen LogP contribution is 2.26. The quantitative estimate of drug-likeness (QED) is 0.841. The van der Waals surface area contributed by atoms with Crippen LogP contribution in [0.5, 0.6) is 0 Å². The van der Waals surface area contributed by atoms with Gasteiger partial charge < -0.3 is 9.67 Å². The van der Waals surface area contributed by atoms with Crippen LogP contribution in [-0.2, 0) is 17.6 Å². The standard InChI is InChI=1S/C11H17N3O2/c1-7(2)6-10-13-12-9-5-3-4-8(11(15)16)14(9)10/h7-8H,3-6H2,1-2H3,(H,15,16). The van der Waals surface area contributed by atoms with Crippen molar-refractivity contribution in [3.63, 3.8) is 0 Å². The van der Waals surface area contributed by atoms with Crippen LogP contribution < -0.4 is 0 Å². The minimum atomic E-state index is -0.772. The zero-order valence-electron chi connectivity index (χ0n) is 9.68. The van der Waals surface area contributed by atoms with Gasteiger partial charge in [-0.15, -0.1) is 10.2 Å². The average molecular weight is 223 g/mol. The summed E-state index contributed by atoms with van der Waals surface area (Å²) in [6.07, 6.45) is 3.20. The molecule has 1 N–H and O–H groups in total. The Morgan fingerprint density at radius 2 is 2.31 bits per heavy atom.